The summed E-state index contributed by atoms with van der Waals surface area (Å²) in [6, 6.07) is 47.9. The van der Waals surface area contributed by atoms with Crippen molar-refractivity contribution in [1.82, 2.24) is 19.1 Å². The van der Waals surface area contributed by atoms with Crippen LogP contribution in [0.1, 0.15) is 16.7 Å². The molecule has 60 heavy (non-hydrogen) atoms. The summed E-state index contributed by atoms with van der Waals surface area (Å²) in [5.74, 6) is 0.244. The number of nitrogens with zero attached hydrogens (tertiary/aromatic N) is 5. The molecule has 0 atom stereocenters. The van der Waals surface area contributed by atoms with E-state index in [1.54, 1.807) is 65.2 Å². The predicted octanol–water partition coefficient (Wildman–Crippen LogP) is 13.6. The number of nitriles is 1. The fraction of sp³-hybridized carbons (Fsp3) is 0.0408. The Morgan fingerprint density at radius 2 is 0.867 bits per heavy atom. The zero-order valence-corrected chi connectivity index (χ0v) is 31.1. The highest BCUT2D eigenvalue weighted by Gasteiger charge is 2.33. The molecule has 0 bridgehead atoms. The van der Waals surface area contributed by atoms with Gasteiger partial charge in [-0.15, -0.1) is 0 Å². The molecule has 290 valence electrons. The van der Waals surface area contributed by atoms with Crippen LogP contribution in [0, 0.1) is 11.3 Å². The summed E-state index contributed by atoms with van der Waals surface area (Å²) < 4.78 is 88.2. The van der Waals surface area contributed by atoms with Crippen molar-refractivity contribution in [2.24, 2.45) is 0 Å². The van der Waals surface area contributed by atoms with E-state index in [9.17, 15) is 31.6 Å². The minimum absolute atomic E-state index is 0.150. The number of fused-ring (bicyclic) bond motifs is 6. The number of halogens is 6. The highest BCUT2D eigenvalue weighted by Crippen LogP contribution is 2.43. The van der Waals surface area contributed by atoms with Crippen molar-refractivity contribution < 1.29 is 26.3 Å². The number of hydrogen-bond donors (Lipinski definition) is 0. The Morgan fingerprint density at radius 3 is 1.33 bits per heavy atom. The second-order valence-electron chi connectivity index (χ2n) is 14.4. The summed E-state index contributed by atoms with van der Waals surface area (Å²) in [5, 5.41) is 12.7. The first-order valence-electron chi connectivity index (χ1n) is 18.8. The molecule has 10 aromatic rings. The van der Waals surface area contributed by atoms with Gasteiger partial charge in [-0.3, -0.25) is 0 Å². The third-order valence-electron chi connectivity index (χ3n) is 10.8. The van der Waals surface area contributed by atoms with Crippen LogP contribution >= 0.6 is 0 Å². The van der Waals surface area contributed by atoms with Gasteiger partial charge in [0, 0.05) is 38.2 Å². The van der Waals surface area contributed by atoms with Gasteiger partial charge in [-0.1, -0.05) is 97.1 Å². The second-order valence-corrected chi connectivity index (χ2v) is 14.4. The molecule has 5 nitrogen and oxygen atoms in total. The zero-order valence-electron chi connectivity index (χ0n) is 31.1. The van der Waals surface area contributed by atoms with Gasteiger partial charge in [-0.2, -0.15) is 31.6 Å². The van der Waals surface area contributed by atoms with Crippen molar-refractivity contribution in [3.05, 3.63) is 180 Å². The van der Waals surface area contributed by atoms with Gasteiger partial charge in [0.25, 0.3) is 0 Å². The van der Waals surface area contributed by atoms with E-state index in [1.165, 1.54) is 12.1 Å². The molecule has 3 heterocycles. The summed E-state index contributed by atoms with van der Waals surface area (Å²) in [6.45, 7) is 0. The van der Waals surface area contributed by atoms with Gasteiger partial charge in [0.05, 0.1) is 61.5 Å². The van der Waals surface area contributed by atoms with E-state index in [0.29, 0.717) is 71.9 Å². The Morgan fingerprint density at radius 1 is 0.433 bits per heavy atom. The molecule has 0 unspecified atom stereocenters. The summed E-state index contributed by atoms with van der Waals surface area (Å²) in [7, 11) is 0. The van der Waals surface area contributed by atoms with Crippen molar-refractivity contribution >= 4 is 43.6 Å². The van der Waals surface area contributed by atoms with Gasteiger partial charge < -0.3 is 9.13 Å². The number of benzene rings is 7. The van der Waals surface area contributed by atoms with Crippen LogP contribution < -0.4 is 0 Å². The molecule has 0 saturated carbocycles. The van der Waals surface area contributed by atoms with E-state index in [2.05, 4.69) is 6.07 Å². The fourth-order valence-electron chi connectivity index (χ4n) is 8.11. The van der Waals surface area contributed by atoms with Crippen molar-refractivity contribution in [2.45, 2.75) is 12.4 Å². The molecule has 0 aliphatic rings. The van der Waals surface area contributed by atoms with Crippen LogP contribution in [-0.4, -0.2) is 19.1 Å². The quantitative estimate of drug-likeness (QED) is 0.163. The number of alkyl halides is 6. The Kier molecular flexibility index (Phi) is 8.36. The van der Waals surface area contributed by atoms with Crippen molar-refractivity contribution in [1.29, 1.82) is 5.26 Å². The fourth-order valence-corrected chi connectivity index (χ4v) is 8.11. The minimum atomic E-state index is -4.60. The van der Waals surface area contributed by atoms with Gasteiger partial charge in [0.1, 0.15) is 6.07 Å². The van der Waals surface area contributed by atoms with Crippen LogP contribution in [0.2, 0.25) is 0 Å². The topological polar surface area (TPSA) is 59.4 Å². The first kappa shape index (κ1) is 36.6. The van der Waals surface area contributed by atoms with E-state index in [1.807, 2.05) is 71.3 Å². The highest BCUT2D eigenvalue weighted by atomic mass is 19.4. The molecule has 0 spiro atoms. The zero-order chi connectivity index (χ0) is 41.3. The van der Waals surface area contributed by atoms with Gasteiger partial charge in [-0.25, -0.2) is 9.97 Å². The largest absolute Gasteiger partial charge is 0.416 e. The Balaban J connectivity index is 1.35. The van der Waals surface area contributed by atoms with Crippen LogP contribution in [-0.2, 0) is 12.4 Å². The molecule has 0 fully saturated rings. The lowest BCUT2D eigenvalue weighted by Gasteiger charge is -2.19. The lowest BCUT2D eigenvalue weighted by Crippen LogP contribution is -2.07. The van der Waals surface area contributed by atoms with Crippen LogP contribution in [0.15, 0.2) is 164 Å². The lowest BCUT2D eigenvalue weighted by molar-refractivity contribution is -0.138. The summed E-state index contributed by atoms with van der Waals surface area (Å²) in [6.07, 6.45) is -9.19. The highest BCUT2D eigenvalue weighted by molar-refractivity contribution is 6.11. The van der Waals surface area contributed by atoms with E-state index in [-0.39, 0.29) is 11.4 Å². The van der Waals surface area contributed by atoms with E-state index in [4.69, 9.17) is 9.97 Å². The molecule has 11 heteroatoms. The molecule has 0 radical (unpaired) electrons. The maximum atomic E-state index is 14.1. The molecular weight excluding hydrogens is 773 g/mol. The van der Waals surface area contributed by atoms with Crippen LogP contribution in [0.5, 0.6) is 0 Å². The van der Waals surface area contributed by atoms with E-state index < -0.39 is 23.5 Å². The van der Waals surface area contributed by atoms with E-state index in [0.717, 1.165) is 35.4 Å². The smallest absolute Gasteiger partial charge is 0.308 e. The first-order chi connectivity index (χ1) is 29.0. The number of para-hydroxylation sites is 2. The molecule has 0 amide bonds. The Labute approximate surface area is 337 Å². The average molecular weight is 800 g/mol. The summed E-state index contributed by atoms with van der Waals surface area (Å²) in [5.41, 5.74) is 4.48. The molecule has 10 rings (SSSR count). The molecule has 7 aromatic carbocycles. The maximum Gasteiger partial charge on any atom is 0.416 e. The van der Waals surface area contributed by atoms with Crippen molar-refractivity contribution in [2.75, 3.05) is 0 Å². The monoisotopic (exact) mass is 799 g/mol. The minimum Gasteiger partial charge on any atom is -0.308 e. The van der Waals surface area contributed by atoms with Crippen molar-refractivity contribution in [3.8, 4) is 51.3 Å². The molecular formula is C49H27F6N5. The Bertz CT molecular complexity index is 3300. The van der Waals surface area contributed by atoms with Crippen LogP contribution in [0.3, 0.4) is 0 Å². The second kappa shape index (κ2) is 13.7. The maximum absolute atomic E-state index is 14.1. The predicted molar refractivity (Wildman–Crippen MR) is 222 cm³/mol. The Hall–Kier alpha value is -7.71. The standard InChI is InChI=1S/C49H27F6N5/c50-48(51,52)32-19-21-43-36(24-32)34-15-7-9-17-41(34)59(43)45-26-38(47-57-39(29-11-3-1-4-12-29)27-40(58-47)30-13-5-2-6-14-30)46(23-31(45)28-56)60-42-18-10-8-16-35(42)37-25-33(49(53,54)55)20-22-44(37)60/h1-27H. The van der Waals surface area contributed by atoms with Gasteiger partial charge >= 0.3 is 12.4 Å². The van der Waals surface area contributed by atoms with Gasteiger partial charge in [0.2, 0.25) is 0 Å². The SMILES string of the molecule is N#Cc1cc(-n2c3ccccc3c3cc(C(F)(F)F)ccc32)c(-c2nc(-c3ccccc3)cc(-c3ccccc3)n2)cc1-n1c2ccccc2c2cc(C(F)(F)F)ccc21. The molecule has 0 N–H and O–H groups in total. The summed E-state index contributed by atoms with van der Waals surface area (Å²) >= 11 is 0. The van der Waals surface area contributed by atoms with Crippen LogP contribution in [0.4, 0.5) is 26.3 Å². The normalized spacial score (nSPS) is 12.2. The first-order valence-corrected chi connectivity index (χ1v) is 18.8. The van der Waals surface area contributed by atoms with Gasteiger partial charge in [0.15, 0.2) is 5.82 Å². The number of rotatable bonds is 5. The molecule has 0 saturated heterocycles. The molecule has 0 aliphatic carbocycles. The van der Waals surface area contributed by atoms with Gasteiger partial charge in [-0.05, 0) is 66.7 Å². The van der Waals surface area contributed by atoms with E-state index >= 15 is 0 Å². The van der Waals surface area contributed by atoms with Crippen LogP contribution in [0.25, 0.3) is 88.9 Å². The molecule has 0 aliphatic heterocycles. The third kappa shape index (κ3) is 6.03. The third-order valence-corrected chi connectivity index (χ3v) is 10.8. The number of hydrogen-bond acceptors (Lipinski definition) is 3. The average Bonchev–Trinajstić information content (AvgIpc) is 3.78. The molecule has 3 aromatic heterocycles. The lowest BCUT2D eigenvalue weighted by atomic mass is 10.0. The summed E-state index contributed by atoms with van der Waals surface area (Å²) in [4.78, 5) is 10.3. The van der Waals surface area contributed by atoms with Crippen molar-refractivity contribution in [3.63, 3.8) is 0 Å². The number of aromatic nitrogens is 4.